The summed E-state index contributed by atoms with van der Waals surface area (Å²) in [6.07, 6.45) is 2.68. The Labute approximate surface area is 109 Å². The highest BCUT2D eigenvalue weighted by Crippen LogP contribution is 2.19. The molecule has 0 aliphatic carbocycles. The van der Waals surface area contributed by atoms with E-state index in [1.54, 1.807) is 0 Å². The molecule has 96 valence electrons. The molecule has 0 bridgehead atoms. The van der Waals surface area contributed by atoms with Crippen molar-refractivity contribution in [2.24, 2.45) is 5.92 Å². The number of hydrogen-bond acceptors (Lipinski definition) is 3. The highest BCUT2D eigenvalue weighted by molar-refractivity contribution is 7.09. The third-order valence-electron chi connectivity index (χ3n) is 3.62. The predicted octanol–water partition coefficient (Wildman–Crippen LogP) is 2.96. The summed E-state index contributed by atoms with van der Waals surface area (Å²) in [5.41, 5.74) is 0. The second-order valence-electron chi connectivity index (χ2n) is 5.30. The van der Waals surface area contributed by atoms with Crippen molar-refractivity contribution in [3.8, 4) is 0 Å². The van der Waals surface area contributed by atoms with E-state index < -0.39 is 0 Å². The van der Waals surface area contributed by atoms with Gasteiger partial charge in [-0.15, -0.1) is 11.3 Å². The minimum Gasteiger partial charge on any atom is -0.317 e. The lowest BCUT2D eigenvalue weighted by atomic mass is 9.97. The molecule has 0 atom stereocenters. The monoisotopic (exact) mass is 252 g/mol. The Kier molecular flexibility index (Phi) is 5.01. The van der Waals surface area contributed by atoms with Gasteiger partial charge in [-0.2, -0.15) is 0 Å². The van der Waals surface area contributed by atoms with Gasteiger partial charge in [0, 0.05) is 24.0 Å². The van der Waals surface area contributed by atoms with Crippen molar-refractivity contribution in [3.05, 3.63) is 22.4 Å². The molecule has 0 saturated carbocycles. The van der Waals surface area contributed by atoms with Crippen LogP contribution in [0.1, 0.15) is 31.6 Å². The van der Waals surface area contributed by atoms with Gasteiger partial charge in [-0.05, 0) is 57.1 Å². The average molecular weight is 252 g/mol. The van der Waals surface area contributed by atoms with Crippen LogP contribution in [0.15, 0.2) is 17.5 Å². The van der Waals surface area contributed by atoms with Gasteiger partial charge in [0.2, 0.25) is 0 Å². The van der Waals surface area contributed by atoms with Crippen LogP contribution in [0.25, 0.3) is 0 Å². The molecule has 0 radical (unpaired) electrons. The summed E-state index contributed by atoms with van der Waals surface area (Å²) < 4.78 is 0. The molecule has 0 amide bonds. The molecule has 3 heteroatoms. The van der Waals surface area contributed by atoms with Crippen LogP contribution in [0.4, 0.5) is 0 Å². The molecule has 1 N–H and O–H groups in total. The summed E-state index contributed by atoms with van der Waals surface area (Å²) in [5.74, 6) is 0.888. The summed E-state index contributed by atoms with van der Waals surface area (Å²) >= 11 is 1.88. The first-order valence-corrected chi connectivity index (χ1v) is 7.61. The smallest absolute Gasteiger partial charge is 0.0330 e. The quantitative estimate of drug-likeness (QED) is 0.867. The molecule has 0 unspecified atom stereocenters. The Morgan fingerprint density at radius 3 is 2.76 bits per heavy atom. The zero-order valence-electron chi connectivity index (χ0n) is 11.0. The topological polar surface area (TPSA) is 15.3 Å². The maximum Gasteiger partial charge on any atom is 0.0330 e. The number of nitrogens with zero attached hydrogens (tertiary/aromatic N) is 1. The number of piperidine rings is 1. The zero-order chi connectivity index (χ0) is 12.1. The molecule has 17 heavy (non-hydrogen) atoms. The first-order chi connectivity index (χ1) is 8.25. The lowest BCUT2D eigenvalue weighted by molar-refractivity contribution is 0.163. The minimum absolute atomic E-state index is 0.645. The largest absolute Gasteiger partial charge is 0.317 e. The maximum atomic E-state index is 3.45. The third-order valence-corrected chi connectivity index (χ3v) is 4.48. The van der Waals surface area contributed by atoms with Gasteiger partial charge in [-0.25, -0.2) is 0 Å². The molecule has 1 aromatic heterocycles. The van der Waals surface area contributed by atoms with E-state index in [4.69, 9.17) is 0 Å². The Hall–Kier alpha value is -0.380. The lowest BCUT2D eigenvalue weighted by Gasteiger charge is -2.32. The molecule has 0 spiro atoms. The van der Waals surface area contributed by atoms with Gasteiger partial charge in [0.1, 0.15) is 0 Å². The van der Waals surface area contributed by atoms with E-state index in [1.165, 1.54) is 37.4 Å². The van der Waals surface area contributed by atoms with Crippen LogP contribution in [0.3, 0.4) is 0 Å². The predicted molar refractivity (Wildman–Crippen MR) is 75.5 cm³/mol. The van der Waals surface area contributed by atoms with Gasteiger partial charge in [0.05, 0.1) is 0 Å². The number of rotatable bonds is 5. The van der Waals surface area contributed by atoms with Crippen LogP contribution >= 0.6 is 11.3 Å². The number of hydrogen-bond donors (Lipinski definition) is 1. The summed E-state index contributed by atoms with van der Waals surface area (Å²) in [4.78, 5) is 4.12. The van der Waals surface area contributed by atoms with E-state index in [9.17, 15) is 0 Å². The van der Waals surface area contributed by atoms with E-state index in [2.05, 4.69) is 41.6 Å². The molecule has 2 rings (SSSR count). The first-order valence-electron chi connectivity index (χ1n) is 6.73. The molecule has 2 nitrogen and oxygen atoms in total. The second kappa shape index (κ2) is 6.53. The van der Waals surface area contributed by atoms with Crippen molar-refractivity contribution in [3.63, 3.8) is 0 Å². The fraction of sp³-hybridized carbons (Fsp3) is 0.714. The lowest BCUT2D eigenvalue weighted by Crippen LogP contribution is -2.38. The van der Waals surface area contributed by atoms with Gasteiger partial charge >= 0.3 is 0 Å². The fourth-order valence-corrected chi connectivity index (χ4v) is 3.19. The van der Waals surface area contributed by atoms with Crippen molar-refractivity contribution in [2.45, 2.75) is 39.3 Å². The SMILES string of the molecule is CC(C)N(Cc1cccs1)CC1CCNCC1. The Morgan fingerprint density at radius 2 is 2.18 bits per heavy atom. The van der Waals surface area contributed by atoms with Crippen molar-refractivity contribution in [1.82, 2.24) is 10.2 Å². The van der Waals surface area contributed by atoms with Gasteiger partial charge < -0.3 is 5.32 Å². The Balaban J connectivity index is 1.87. The Bertz CT molecular complexity index is 302. The summed E-state index contributed by atoms with van der Waals surface area (Å²) in [5, 5.41) is 5.63. The summed E-state index contributed by atoms with van der Waals surface area (Å²) in [6, 6.07) is 5.05. The minimum atomic E-state index is 0.645. The molecular weight excluding hydrogens is 228 g/mol. The van der Waals surface area contributed by atoms with Crippen molar-refractivity contribution in [1.29, 1.82) is 0 Å². The van der Waals surface area contributed by atoms with Gasteiger partial charge in [-0.1, -0.05) is 6.07 Å². The van der Waals surface area contributed by atoms with E-state index in [0.717, 1.165) is 12.5 Å². The second-order valence-corrected chi connectivity index (χ2v) is 6.33. The molecule has 0 aromatic carbocycles. The highest BCUT2D eigenvalue weighted by Gasteiger charge is 2.19. The van der Waals surface area contributed by atoms with E-state index >= 15 is 0 Å². The first kappa shape index (κ1) is 13.1. The van der Waals surface area contributed by atoms with Crippen LogP contribution < -0.4 is 5.32 Å². The van der Waals surface area contributed by atoms with Crippen LogP contribution in [0.5, 0.6) is 0 Å². The van der Waals surface area contributed by atoms with Gasteiger partial charge in [-0.3, -0.25) is 4.90 Å². The summed E-state index contributed by atoms with van der Waals surface area (Å²) in [7, 11) is 0. The molecule has 1 aliphatic heterocycles. The van der Waals surface area contributed by atoms with Gasteiger partial charge in [0.15, 0.2) is 0 Å². The molecule has 1 aliphatic rings. The van der Waals surface area contributed by atoms with Crippen molar-refractivity contribution >= 4 is 11.3 Å². The fourth-order valence-electron chi connectivity index (χ4n) is 2.46. The number of thiophene rings is 1. The Morgan fingerprint density at radius 1 is 1.41 bits per heavy atom. The molecule has 1 saturated heterocycles. The van der Waals surface area contributed by atoms with Crippen molar-refractivity contribution < 1.29 is 0 Å². The molecule has 2 heterocycles. The molecular formula is C14H24N2S. The zero-order valence-corrected chi connectivity index (χ0v) is 11.8. The van der Waals surface area contributed by atoms with E-state index in [-0.39, 0.29) is 0 Å². The van der Waals surface area contributed by atoms with Crippen LogP contribution in [-0.4, -0.2) is 30.6 Å². The van der Waals surface area contributed by atoms with Crippen molar-refractivity contribution in [2.75, 3.05) is 19.6 Å². The summed E-state index contributed by atoms with van der Waals surface area (Å²) in [6.45, 7) is 9.42. The maximum absolute atomic E-state index is 3.45. The normalized spacial score (nSPS) is 18.1. The molecule has 1 aromatic rings. The van der Waals surface area contributed by atoms with Crippen LogP contribution in [-0.2, 0) is 6.54 Å². The molecule has 1 fully saturated rings. The van der Waals surface area contributed by atoms with E-state index in [1.807, 2.05) is 11.3 Å². The highest BCUT2D eigenvalue weighted by atomic mass is 32.1. The van der Waals surface area contributed by atoms with E-state index in [0.29, 0.717) is 6.04 Å². The standard InChI is InChI=1S/C14H24N2S/c1-12(2)16(11-14-4-3-9-17-14)10-13-5-7-15-8-6-13/h3-4,9,12-13,15H,5-8,10-11H2,1-2H3. The van der Waals surface area contributed by atoms with Crippen LogP contribution in [0, 0.1) is 5.92 Å². The average Bonchev–Trinajstić information content (AvgIpc) is 2.82. The number of nitrogens with one attached hydrogen (secondary N) is 1. The van der Waals surface area contributed by atoms with Crippen LogP contribution in [0.2, 0.25) is 0 Å². The third kappa shape index (κ3) is 4.09. The van der Waals surface area contributed by atoms with Gasteiger partial charge in [0.25, 0.3) is 0 Å².